The van der Waals surface area contributed by atoms with Crippen LogP contribution in [0.15, 0.2) is 59.2 Å². The summed E-state index contributed by atoms with van der Waals surface area (Å²) in [5.74, 6) is 0.973. The lowest BCUT2D eigenvalue weighted by atomic mass is 9.88. The van der Waals surface area contributed by atoms with Crippen LogP contribution in [0.4, 0.5) is 0 Å². The van der Waals surface area contributed by atoms with Gasteiger partial charge in [-0.2, -0.15) is 0 Å². The molecule has 126 valence electrons. The van der Waals surface area contributed by atoms with Gasteiger partial charge in [0, 0.05) is 21.4 Å². The topological polar surface area (TPSA) is 17.8 Å². The number of para-hydroxylation sites is 1. The van der Waals surface area contributed by atoms with Gasteiger partial charge < -0.3 is 0 Å². The van der Waals surface area contributed by atoms with Crippen molar-refractivity contribution in [1.82, 2.24) is 9.55 Å². The van der Waals surface area contributed by atoms with Crippen LogP contribution in [-0.4, -0.2) is 9.55 Å². The van der Waals surface area contributed by atoms with Crippen molar-refractivity contribution >= 4 is 37.7 Å². The summed E-state index contributed by atoms with van der Waals surface area (Å²) < 4.78 is 3.42. The molecule has 0 aliphatic carbocycles. The van der Waals surface area contributed by atoms with Crippen molar-refractivity contribution < 1.29 is 0 Å². The van der Waals surface area contributed by atoms with E-state index >= 15 is 0 Å². The molecule has 0 saturated carbocycles. The molecular formula is C22H21BrN2. The van der Waals surface area contributed by atoms with Gasteiger partial charge in [0.2, 0.25) is 0 Å². The minimum atomic E-state index is 0.0927. The highest BCUT2D eigenvalue weighted by atomic mass is 79.9. The van der Waals surface area contributed by atoms with Gasteiger partial charge in [-0.3, -0.25) is 4.57 Å². The monoisotopic (exact) mass is 392 g/mol. The summed E-state index contributed by atoms with van der Waals surface area (Å²) >= 11 is 3.68. The summed E-state index contributed by atoms with van der Waals surface area (Å²) in [6, 6.07) is 17.3. The van der Waals surface area contributed by atoms with Gasteiger partial charge in [-0.15, -0.1) is 0 Å². The molecule has 4 rings (SSSR count). The van der Waals surface area contributed by atoms with E-state index in [1.165, 1.54) is 32.9 Å². The van der Waals surface area contributed by atoms with Crippen molar-refractivity contribution in [2.45, 2.75) is 33.1 Å². The van der Waals surface area contributed by atoms with Crippen molar-refractivity contribution in [3.05, 3.63) is 70.3 Å². The molecule has 2 aromatic heterocycles. The van der Waals surface area contributed by atoms with E-state index in [9.17, 15) is 0 Å². The normalized spacial score (nSPS) is 12.2. The Hall–Kier alpha value is -2.13. The van der Waals surface area contributed by atoms with Crippen molar-refractivity contribution in [3.63, 3.8) is 0 Å². The Labute approximate surface area is 156 Å². The highest BCUT2D eigenvalue weighted by molar-refractivity contribution is 9.10. The Morgan fingerprint density at radius 3 is 2.44 bits per heavy atom. The molecule has 0 bridgehead atoms. The van der Waals surface area contributed by atoms with Gasteiger partial charge in [-0.05, 0) is 53.8 Å². The number of halogens is 1. The maximum atomic E-state index is 4.70. The predicted octanol–water partition coefficient (Wildman–Crippen LogP) is 6.55. The first kappa shape index (κ1) is 16.3. The predicted molar refractivity (Wildman–Crippen MR) is 110 cm³/mol. The maximum absolute atomic E-state index is 4.70. The van der Waals surface area contributed by atoms with Crippen LogP contribution in [0, 0.1) is 6.92 Å². The molecule has 0 spiro atoms. The number of benzene rings is 2. The van der Waals surface area contributed by atoms with E-state index in [4.69, 9.17) is 4.98 Å². The molecule has 0 unspecified atom stereocenters. The lowest BCUT2D eigenvalue weighted by molar-refractivity contribution is 0.588. The summed E-state index contributed by atoms with van der Waals surface area (Å²) in [5, 5.41) is 2.50. The molecule has 0 atom stereocenters. The summed E-state index contributed by atoms with van der Waals surface area (Å²) in [5.41, 5.74) is 4.99. The van der Waals surface area contributed by atoms with E-state index in [-0.39, 0.29) is 5.41 Å². The summed E-state index contributed by atoms with van der Waals surface area (Å²) in [7, 11) is 0. The maximum Gasteiger partial charge on any atom is 0.137 e. The first-order valence-corrected chi connectivity index (χ1v) is 9.32. The van der Waals surface area contributed by atoms with Crippen molar-refractivity contribution in [3.8, 4) is 5.82 Å². The van der Waals surface area contributed by atoms with Gasteiger partial charge in [0.05, 0.1) is 11.0 Å². The zero-order valence-electron chi connectivity index (χ0n) is 15.0. The van der Waals surface area contributed by atoms with Crippen molar-refractivity contribution in [1.29, 1.82) is 0 Å². The van der Waals surface area contributed by atoms with E-state index in [1.54, 1.807) is 0 Å². The van der Waals surface area contributed by atoms with Gasteiger partial charge in [0.1, 0.15) is 5.82 Å². The molecule has 0 amide bonds. The van der Waals surface area contributed by atoms with E-state index < -0.39 is 0 Å². The van der Waals surface area contributed by atoms with Gasteiger partial charge >= 0.3 is 0 Å². The Bertz CT molecular complexity index is 1100. The van der Waals surface area contributed by atoms with E-state index in [1.807, 2.05) is 6.20 Å². The lowest BCUT2D eigenvalue weighted by Crippen LogP contribution is -2.12. The second-order valence-corrected chi connectivity index (χ2v) is 8.48. The quantitative estimate of drug-likeness (QED) is 0.359. The fourth-order valence-corrected chi connectivity index (χ4v) is 3.69. The van der Waals surface area contributed by atoms with E-state index in [0.29, 0.717) is 0 Å². The third-order valence-corrected chi connectivity index (χ3v) is 5.65. The average Bonchev–Trinajstić information content (AvgIpc) is 2.88. The molecular weight excluding hydrogens is 372 g/mol. The molecule has 0 fully saturated rings. The smallest absolute Gasteiger partial charge is 0.137 e. The third kappa shape index (κ3) is 2.67. The fourth-order valence-electron chi connectivity index (χ4n) is 3.35. The number of aryl methyl sites for hydroxylation is 1. The van der Waals surface area contributed by atoms with Crippen LogP contribution in [0.2, 0.25) is 0 Å². The molecule has 2 nitrogen and oxygen atoms in total. The largest absolute Gasteiger partial charge is 0.294 e. The minimum Gasteiger partial charge on any atom is -0.294 e. The van der Waals surface area contributed by atoms with Gasteiger partial charge in [-0.25, -0.2) is 4.98 Å². The van der Waals surface area contributed by atoms with Crippen LogP contribution in [0.5, 0.6) is 0 Å². The van der Waals surface area contributed by atoms with Crippen LogP contribution in [0.3, 0.4) is 0 Å². The molecule has 2 aromatic carbocycles. The number of pyridine rings is 1. The number of aromatic nitrogens is 2. The van der Waals surface area contributed by atoms with Crippen LogP contribution in [-0.2, 0) is 5.41 Å². The first-order chi connectivity index (χ1) is 11.9. The number of fused-ring (bicyclic) bond motifs is 3. The van der Waals surface area contributed by atoms with Crippen molar-refractivity contribution in [2.75, 3.05) is 0 Å². The zero-order valence-corrected chi connectivity index (χ0v) is 16.6. The average molecular weight is 393 g/mol. The molecule has 0 saturated heterocycles. The van der Waals surface area contributed by atoms with Crippen LogP contribution in [0.1, 0.15) is 31.9 Å². The molecule has 25 heavy (non-hydrogen) atoms. The van der Waals surface area contributed by atoms with Crippen LogP contribution >= 0.6 is 15.9 Å². The molecule has 2 heterocycles. The molecule has 0 N–H and O–H groups in total. The number of rotatable bonds is 1. The lowest BCUT2D eigenvalue weighted by Gasteiger charge is -2.20. The fraction of sp³-hybridized carbons (Fsp3) is 0.227. The highest BCUT2D eigenvalue weighted by Gasteiger charge is 2.18. The van der Waals surface area contributed by atoms with E-state index in [0.717, 1.165) is 10.3 Å². The SMILES string of the molecule is Cc1cc2c(cc1Br)c1ccccc1n2-c1cc(C(C)(C)C)ccn1. The van der Waals surface area contributed by atoms with Gasteiger partial charge in [-0.1, -0.05) is 54.9 Å². The second kappa shape index (κ2) is 5.70. The Balaban J connectivity index is 2.12. The number of nitrogens with zero attached hydrogens (tertiary/aromatic N) is 2. The summed E-state index contributed by atoms with van der Waals surface area (Å²) in [4.78, 5) is 4.70. The first-order valence-electron chi connectivity index (χ1n) is 8.52. The van der Waals surface area contributed by atoms with E-state index in [2.05, 4.69) is 96.7 Å². The molecule has 0 radical (unpaired) electrons. The Kier molecular flexibility index (Phi) is 3.73. The Morgan fingerprint density at radius 2 is 1.68 bits per heavy atom. The zero-order chi connectivity index (χ0) is 17.8. The molecule has 0 aliphatic heterocycles. The van der Waals surface area contributed by atoms with Gasteiger partial charge in [0.25, 0.3) is 0 Å². The number of hydrogen-bond acceptors (Lipinski definition) is 1. The van der Waals surface area contributed by atoms with Crippen LogP contribution < -0.4 is 0 Å². The van der Waals surface area contributed by atoms with Crippen LogP contribution in [0.25, 0.3) is 27.6 Å². The Morgan fingerprint density at radius 1 is 0.920 bits per heavy atom. The summed E-state index contributed by atoms with van der Waals surface area (Å²) in [6.07, 6.45) is 1.92. The summed E-state index contributed by atoms with van der Waals surface area (Å²) in [6.45, 7) is 8.84. The third-order valence-electron chi connectivity index (χ3n) is 4.79. The highest BCUT2D eigenvalue weighted by Crippen LogP contribution is 2.35. The minimum absolute atomic E-state index is 0.0927. The second-order valence-electron chi connectivity index (χ2n) is 7.62. The van der Waals surface area contributed by atoms with Gasteiger partial charge in [0.15, 0.2) is 0 Å². The van der Waals surface area contributed by atoms with Crippen molar-refractivity contribution in [2.24, 2.45) is 0 Å². The molecule has 3 heteroatoms. The standard InChI is InChI=1S/C22H21BrN2/c1-14-11-20-17(13-18(14)23)16-7-5-6-8-19(16)25(20)21-12-15(9-10-24-21)22(2,3)4/h5-13H,1-4H3. The molecule has 4 aromatic rings. The number of hydrogen-bond donors (Lipinski definition) is 0. The molecule has 0 aliphatic rings.